The fraction of sp³-hybridized carbons (Fsp3) is 0.571. The largest absolute Gasteiger partial charge is 0.508 e. The summed E-state index contributed by atoms with van der Waals surface area (Å²) in [5, 5.41) is 86.8. The minimum absolute atomic E-state index is 0.00434. The maximum atomic E-state index is 14.2. The summed E-state index contributed by atoms with van der Waals surface area (Å²) in [4.78, 5) is 178. The molecule has 40 nitrogen and oxygen atoms in total. The molecule has 586 valence electrons. The number of phenols is 2. The van der Waals surface area contributed by atoms with Gasteiger partial charge in [-0.1, -0.05) is 24.3 Å². The number of hydrogen-bond acceptors (Lipinski definition) is 25. The Morgan fingerprint density at radius 3 is 1.10 bits per heavy atom. The Morgan fingerprint density at radius 1 is 0.429 bits per heavy atom. The van der Waals surface area contributed by atoms with Crippen molar-refractivity contribution in [3.05, 3.63) is 59.7 Å². The molecular weight excluding hydrogens is 1410 g/mol. The van der Waals surface area contributed by atoms with Crippen molar-refractivity contribution in [3.63, 3.8) is 0 Å². The lowest BCUT2D eigenvalue weighted by Crippen LogP contribution is -2.63. The molecule has 0 aliphatic rings. The van der Waals surface area contributed by atoms with Gasteiger partial charge in [0.15, 0.2) is 11.9 Å². The number of primary amides is 1. The average Bonchev–Trinajstić information content (AvgIpc) is 0.822. The highest BCUT2D eigenvalue weighted by Crippen LogP contribution is 2.20. The van der Waals surface area contributed by atoms with E-state index in [0.29, 0.717) is 17.5 Å². The maximum absolute atomic E-state index is 14.2. The molecule has 2 aromatic rings. The zero-order chi connectivity index (χ0) is 79.1. The molecule has 0 radical (unpaired) electrons. The molecule has 0 aliphatic heterocycles. The second-order valence-electron chi connectivity index (χ2n) is 24.9. The molecule has 0 spiro atoms. The molecule has 0 saturated carbocycles. The molecule has 0 saturated heterocycles. The first-order valence-corrected chi connectivity index (χ1v) is 34.7. The number of aliphatic hydroxyl groups excluding tert-OH is 1. The third kappa shape index (κ3) is 34.5. The summed E-state index contributed by atoms with van der Waals surface area (Å²) >= 11 is 8.73. The van der Waals surface area contributed by atoms with Crippen LogP contribution in [0.5, 0.6) is 11.5 Å². The molecule has 2 aromatic carbocycles. The van der Waals surface area contributed by atoms with Crippen molar-refractivity contribution in [1.29, 1.82) is 10.8 Å². The number of amides is 12. The maximum Gasteiger partial charge on any atom is 0.326 e. The number of nitrogens with two attached hydrogens (primary N) is 8. The van der Waals surface area contributed by atoms with Gasteiger partial charge in [-0.05, 0) is 146 Å². The van der Waals surface area contributed by atoms with Crippen LogP contribution in [0.15, 0.2) is 48.5 Å². The molecule has 0 aromatic heterocycles. The Balaban J connectivity index is 2.36. The third-order valence-corrected chi connectivity index (χ3v) is 16.3. The van der Waals surface area contributed by atoms with Crippen molar-refractivity contribution in [2.75, 3.05) is 51.6 Å². The van der Waals surface area contributed by atoms with Crippen LogP contribution in [0.3, 0.4) is 0 Å². The average molecular weight is 1520 g/mol. The molecular formula is C63H105N23O17S2. The SMILES string of the molecule is CC(C)(S)[C@H](NC(=O)[C@@H](N)Cc1ccc(O)cc1)C(=O)N[C@@H](CC(N)=O)C(=O)N[C@@H](CCCNC(=N)N)C(=O)N[C@@H](CCN)C(=O)N[C@@H](CO)C(=O)N[C@H](CCN)C(=O)N[C@@H](CCCCN)C(=O)N[C@@H](CS)C(=O)N[C@@H](CCN)C(=O)N[C@@H](CCCNC(=N)N)C(=O)N[C@@H](Cc1ccc(O)cc1)C(=O)O. The van der Waals surface area contributed by atoms with Gasteiger partial charge < -0.3 is 135 Å². The summed E-state index contributed by atoms with van der Waals surface area (Å²) in [6.07, 6.45) is -1.79. The van der Waals surface area contributed by atoms with Crippen LogP contribution >= 0.6 is 25.3 Å². The minimum atomic E-state index is -1.87. The predicted octanol–water partition coefficient (Wildman–Crippen LogP) is -9.16. The molecule has 105 heavy (non-hydrogen) atoms. The molecule has 42 heteroatoms. The van der Waals surface area contributed by atoms with Gasteiger partial charge >= 0.3 is 5.97 Å². The number of aromatic hydroxyl groups is 2. The molecule has 12 amide bonds. The summed E-state index contributed by atoms with van der Waals surface area (Å²) in [6, 6.07) is -7.24. The van der Waals surface area contributed by atoms with Crippen LogP contribution in [-0.4, -0.2) is 238 Å². The van der Waals surface area contributed by atoms with E-state index >= 15 is 0 Å². The number of guanidine groups is 2. The lowest BCUT2D eigenvalue weighted by Gasteiger charge is -2.32. The van der Waals surface area contributed by atoms with Crippen molar-refractivity contribution < 1.29 is 82.8 Å². The first kappa shape index (κ1) is 91.2. The van der Waals surface area contributed by atoms with Gasteiger partial charge in [0, 0.05) is 30.0 Å². The fourth-order valence-electron chi connectivity index (χ4n) is 10.0. The zero-order valence-electron chi connectivity index (χ0n) is 58.5. The smallest absolute Gasteiger partial charge is 0.326 e. The van der Waals surface area contributed by atoms with E-state index in [4.69, 9.17) is 56.7 Å². The number of phenolic OH excluding ortho intramolecular Hbond substituents is 2. The number of nitrogens with one attached hydrogen (secondary N) is 15. The summed E-state index contributed by atoms with van der Waals surface area (Å²) < 4.78 is -1.36. The van der Waals surface area contributed by atoms with E-state index in [0.717, 1.165) is 0 Å². The number of unbranched alkanes of at least 4 members (excludes halogenated alkanes) is 1. The predicted molar refractivity (Wildman–Crippen MR) is 391 cm³/mol. The second-order valence-corrected chi connectivity index (χ2v) is 26.4. The van der Waals surface area contributed by atoms with E-state index in [1.165, 1.54) is 62.4 Å². The first-order valence-electron chi connectivity index (χ1n) is 33.6. The number of thiol groups is 2. The number of carbonyl (C=O) groups excluding carboxylic acids is 12. The van der Waals surface area contributed by atoms with Crippen LogP contribution in [0.1, 0.15) is 95.6 Å². The Labute approximate surface area is 617 Å². The molecule has 35 N–H and O–H groups in total. The van der Waals surface area contributed by atoms with Crippen molar-refractivity contribution in [3.8, 4) is 11.5 Å². The highest BCUT2D eigenvalue weighted by Gasteiger charge is 2.40. The summed E-state index contributed by atoms with van der Waals surface area (Å²) in [5.74, 6) is -15.1. The van der Waals surface area contributed by atoms with E-state index in [-0.39, 0.29) is 127 Å². The molecule has 0 unspecified atom stereocenters. The molecule has 0 aliphatic carbocycles. The monoisotopic (exact) mass is 1520 g/mol. The number of carboxylic acids is 1. The first-order chi connectivity index (χ1) is 49.5. The van der Waals surface area contributed by atoms with E-state index in [1.807, 2.05) is 0 Å². The minimum Gasteiger partial charge on any atom is -0.508 e. The lowest BCUT2D eigenvalue weighted by molar-refractivity contribution is -0.142. The molecule has 0 bridgehead atoms. The number of carbonyl (C=O) groups is 13. The van der Waals surface area contributed by atoms with Crippen LogP contribution in [0.25, 0.3) is 0 Å². The number of carboxylic acid groups (broad SMARTS) is 1. The molecule has 0 heterocycles. The van der Waals surface area contributed by atoms with Crippen molar-refractivity contribution >= 4 is 114 Å². The topological polar surface area (TPSA) is 715 Å². The van der Waals surface area contributed by atoms with Gasteiger partial charge in [-0.15, -0.1) is 0 Å². The number of benzene rings is 2. The number of aliphatic hydroxyl groups is 1. The van der Waals surface area contributed by atoms with Gasteiger partial charge in [0.2, 0.25) is 70.9 Å². The second kappa shape index (κ2) is 47.5. The summed E-state index contributed by atoms with van der Waals surface area (Å²) in [6.45, 7) is 1.23. The van der Waals surface area contributed by atoms with Crippen LogP contribution in [0.4, 0.5) is 0 Å². The third-order valence-electron chi connectivity index (χ3n) is 15.7. The summed E-state index contributed by atoms with van der Waals surface area (Å²) in [7, 11) is 0. The van der Waals surface area contributed by atoms with E-state index in [1.54, 1.807) is 0 Å². The van der Waals surface area contributed by atoms with Crippen LogP contribution in [0, 0.1) is 10.8 Å². The zero-order valence-corrected chi connectivity index (χ0v) is 60.3. The number of aliphatic carboxylic acids is 1. The number of hydrogen-bond donors (Lipinski definition) is 29. The molecule has 0 fully saturated rings. The van der Waals surface area contributed by atoms with Gasteiger partial charge in [-0.3, -0.25) is 68.4 Å². The normalized spacial score (nSPS) is 14.6. The molecule has 2 rings (SSSR count). The van der Waals surface area contributed by atoms with Crippen LogP contribution in [-0.2, 0) is 75.2 Å². The Hall–Kier alpha value is -9.85. The van der Waals surface area contributed by atoms with E-state index in [2.05, 4.69) is 94.4 Å². The molecule has 12 atom stereocenters. The quantitative estimate of drug-likeness (QED) is 0.0127. The van der Waals surface area contributed by atoms with Crippen LogP contribution in [0.2, 0.25) is 0 Å². The van der Waals surface area contributed by atoms with Gasteiger partial charge in [0.1, 0.15) is 78.0 Å². The van der Waals surface area contributed by atoms with Crippen LogP contribution < -0.4 is 115 Å². The van der Waals surface area contributed by atoms with Gasteiger partial charge in [-0.25, -0.2) is 4.79 Å². The standard InChI is InChI=1S/C63H105N23O17S2/c1-63(2,105)48(86-49(91)36(68)27-32-10-14-34(88)15-11-32)59(101)82-43(29-47(69)90)56(98)78-38(8-5-25-74-61(70)71)50(92)79-42(20-24-67)55(97)84-45(30-87)57(99)80-40(18-22-65)53(95)76-37(7-3-4-21-64)52(94)85-46(31-104)58(100)81-41(19-23-66)54(96)77-39(9-6-26-75-62(72)73)51(93)83-44(60(102)103)28-33-12-16-35(89)17-13-33/h10-17,36-46,48,87-89,104-105H,3-9,18-31,64-68H2,1-2H3,(H2,69,90)(H,76,95)(H,77,96)(H,78,98)(H,79,92)(H,80,99)(H,81,100)(H,82,101)(H,83,93)(H,84,97)(H,85,94)(H,86,91)(H,102,103)(H4,70,71,74)(H4,72,73,75)/t36-,37-,38-,39-,40+,41-,42-,43-,44-,45-,46-,48+/m0/s1. The van der Waals surface area contributed by atoms with Crippen molar-refractivity contribution in [2.24, 2.45) is 45.9 Å². The fourth-order valence-corrected chi connectivity index (χ4v) is 10.5. The van der Waals surface area contributed by atoms with Crippen molar-refractivity contribution in [1.82, 2.24) is 69.1 Å². The van der Waals surface area contributed by atoms with Gasteiger partial charge in [0.25, 0.3) is 0 Å². The number of rotatable bonds is 50. The Kier molecular flexibility index (Phi) is 41.3. The van der Waals surface area contributed by atoms with E-state index in [9.17, 15) is 82.8 Å². The Morgan fingerprint density at radius 2 is 0.752 bits per heavy atom. The summed E-state index contributed by atoms with van der Waals surface area (Å²) in [5.41, 5.74) is 46.8. The van der Waals surface area contributed by atoms with Gasteiger partial charge in [-0.2, -0.15) is 25.3 Å². The Bertz CT molecular complexity index is 3250. The highest BCUT2D eigenvalue weighted by atomic mass is 32.1. The van der Waals surface area contributed by atoms with Gasteiger partial charge in [0.05, 0.1) is 19.1 Å². The highest BCUT2D eigenvalue weighted by molar-refractivity contribution is 7.81. The van der Waals surface area contributed by atoms with Crippen molar-refractivity contribution in [2.45, 2.75) is 175 Å². The lowest BCUT2D eigenvalue weighted by atomic mass is 9.99. The van der Waals surface area contributed by atoms with E-state index < -0.39 is 179 Å².